The van der Waals surface area contributed by atoms with Crippen LogP contribution in [0.5, 0.6) is 0 Å². The molecule has 0 aliphatic carbocycles. The summed E-state index contributed by atoms with van der Waals surface area (Å²) >= 11 is 0. The van der Waals surface area contributed by atoms with Crippen molar-refractivity contribution < 1.29 is 8.42 Å². The van der Waals surface area contributed by atoms with E-state index in [1.54, 1.807) is 13.0 Å². The predicted octanol–water partition coefficient (Wildman–Crippen LogP) is 0.533. The van der Waals surface area contributed by atoms with Gasteiger partial charge in [0.2, 0.25) is 10.0 Å². The molecule has 0 saturated carbocycles. The normalized spacial score (nSPS) is 11.8. The molecule has 0 radical (unpaired) electrons. The van der Waals surface area contributed by atoms with E-state index in [2.05, 4.69) is 20.0 Å². The third kappa shape index (κ3) is 5.39. The van der Waals surface area contributed by atoms with E-state index in [9.17, 15) is 8.42 Å². The maximum Gasteiger partial charge on any atom is 0.213 e. The molecule has 7 nitrogen and oxygen atoms in total. The van der Waals surface area contributed by atoms with Gasteiger partial charge in [-0.15, -0.1) is 0 Å². The Morgan fingerprint density at radius 2 is 2.05 bits per heavy atom. The summed E-state index contributed by atoms with van der Waals surface area (Å²) in [5, 5.41) is 2.94. The van der Waals surface area contributed by atoms with Gasteiger partial charge in [0.15, 0.2) is 0 Å². The minimum absolute atomic E-state index is 0.0121. The molecule has 0 aliphatic heterocycles. The minimum Gasteiger partial charge on any atom is -0.384 e. The number of nitrogens with one attached hydrogen (secondary N) is 2. The van der Waals surface area contributed by atoms with E-state index >= 15 is 0 Å². The summed E-state index contributed by atoms with van der Waals surface area (Å²) in [5.74, 6) is 1.70. The van der Waals surface area contributed by atoms with Crippen LogP contribution >= 0.6 is 0 Å². The molecule has 0 spiro atoms. The van der Waals surface area contributed by atoms with E-state index in [-0.39, 0.29) is 18.2 Å². The summed E-state index contributed by atoms with van der Waals surface area (Å²) in [5.41, 5.74) is 5.68. The molecule has 0 bridgehead atoms. The fraction of sp³-hybridized carbons (Fsp3) is 0.636. The van der Waals surface area contributed by atoms with Crippen molar-refractivity contribution >= 4 is 21.7 Å². The minimum atomic E-state index is -3.23. The molecule has 1 aromatic rings. The molecular weight excluding hydrogens is 266 g/mol. The Bertz CT molecular complexity index is 516. The van der Waals surface area contributed by atoms with E-state index < -0.39 is 10.0 Å². The van der Waals surface area contributed by atoms with Gasteiger partial charge in [-0.25, -0.2) is 23.1 Å². The second-order valence-corrected chi connectivity index (χ2v) is 6.36. The first-order valence-electron chi connectivity index (χ1n) is 6.19. The molecule has 0 aromatic carbocycles. The maximum absolute atomic E-state index is 11.5. The molecule has 1 rings (SSSR count). The molecule has 1 aromatic heterocycles. The summed E-state index contributed by atoms with van der Waals surface area (Å²) < 4.78 is 25.3. The van der Waals surface area contributed by atoms with Crippen molar-refractivity contribution in [1.29, 1.82) is 0 Å². The van der Waals surface area contributed by atoms with Gasteiger partial charge in [0.25, 0.3) is 0 Å². The third-order valence-corrected chi connectivity index (χ3v) is 3.79. The van der Waals surface area contributed by atoms with E-state index in [0.29, 0.717) is 24.0 Å². The van der Waals surface area contributed by atoms with Gasteiger partial charge in [-0.2, -0.15) is 0 Å². The fourth-order valence-electron chi connectivity index (χ4n) is 1.44. The Kier molecular flexibility index (Phi) is 5.49. The number of nitrogens with two attached hydrogens (primary N) is 1. The standard InChI is InChI=1S/C11H21N5O2S/c1-4-14-19(17,18)6-5-13-10-7-9(12)15-11(16-10)8(2)3/h7-8,14H,4-6H2,1-3H3,(H3,12,13,15,16). The predicted molar refractivity (Wildman–Crippen MR) is 76.5 cm³/mol. The molecule has 0 saturated heterocycles. The smallest absolute Gasteiger partial charge is 0.213 e. The Balaban J connectivity index is 2.63. The van der Waals surface area contributed by atoms with Gasteiger partial charge in [0, 0.05) is 25.1 Å². The number of sulfonamides is 1. The topological polar surface area (TPSA) is 110 Å². The molecule has 0 fully saturated rings. The van der Waals surface area contributed by atoms with Crippen molar-refractivity contribution in [3.05, 3.63) is 11.9 Å². The monoisotopic (exact) mass is 287 g/mol. The highest BCUT2D eigenvalue weighted by Crippen LogP contribution is 2.14. The summed E-state index contributed by atoms with van der Waals surface area (Å²) in [6.07, 6.45) is 0. The Morgan fingerprint density at radius 1 is 1.37 bits per heavy atom. The summed E-state index contributed by atoms with van der Waals surface area (Å²) in [6, 6.07) is 1.59. The third-order valence-electron chi connectivity index (χ3n) is 2.32. The van der Waals surface area contributed by atoms with Gasteiger partial charge in [0.05, 0.1) is 5.75 Å². The van der Waals surface area contributed by atoms with Gasteiger partial charge in [-0.1, -0.05) is 20.8 Å². The molecule has 0 amide bonds. The van der Waals surface area contributed by atoms with Crippen LogP contribution < -0.4 is 15.8 Å². The number of nitrogen functional groups attached to an aromatic ring is 1. The zero-order valence-electron chi connectivity index (χ0n) is 11.5. The zero-order valence-corrected chi connectivity index (χ0v) is 12.3. The van der Waals surface area contributed by atoms with E-state index in [4.69, 9.17) is 5.73 Å². The first kappa shape index (κ1) is 15.6. The fourth-order valence-corrected chi connectivity index (χ4v) is 2.39. The summed E-state index contributed by atoms with van der Waals surface area (Å²) in [6.45, 7) is 6.33. The molecule has 4 N–H and O–H groups in total. The first-order valence-corrected chi connectivity index (χ1v) is 7.85. The SMILES string of the molecule is CCNS(=O)(=O)CCNc1cc(N)nc(C(C)C)n1. The Morgan fingerprint density at radius 3 is 2.63 bits per heavy atom. The molecule has 19 heavy (non-hydrogen) atoms. The molecule has 1 heterocycles. The van der Waals surface area contributed by atoms with Crippen LogP contribution in [0.2, 0.25) is 0 Å². The molecule has 108 valence electrons. The first-order chi connectivity index (χ1) is 8.84. The highest BCUT2D eigenvalue weighted by molar-refractivity contribution is 7.89. The lowest BCUT2D eigenvalue weighted by molar-refractivity contribution is 0.584. The molecule has 0 atom stereocenters. The molecule has 0 aliphatic rings. The van der Waals surface area contributed by atoms with Crippen molar-refractivity contribution in [2.24, 2.45) is 0 Å². The van der Waals surface area contributed by atoms with Crippen LogP contribution in [0.3, 0.4) is 0 Å². The van der Waals surface area contributed by atoms with Crippen LogP contribution in [-0.4, -0.2) is 37.2 Å². The maximum atomic E-state index is 11.5. The van der Waals surface area contributed by atoms with Crippen molar-refractivity contribution in [3.63, 3.8) is 0 Å². The van der Waals surface area contributed by atoms with Gasteiger partial charge < -0.3 is 11.1 Å². The van der Waals surface area contributed by atoms with Crippen molar-refractivity contribution in [1.82, 2.24) is 14.7 Å². The van der Waals surface area contributed by atoms with E-state index in [1.807, 2.05) is 13.8 Å². The number of nitrogens with zero attached hydrogens (tertiary/aromatic N) is 2. The van der Waals surface area contributed by atoms with Crippen molar-refractivity contribution in [2.75, 3.05) is 29.9 Å². The lowest BCUT2D eigenvalue weighted by atomic mass is 10.2. The average molecular weight is 287 g/mol. The summed E-state index contributed by atoms with van der Waals surface area (Å²) in [7, 11) is -3.23. The lowest BCUT2D eigenvalue weighted by Gasteiger charge is -2.10. The van der Waals surface area contributed by atoms with Crippen LogP contribution in [-0.2, 0) is 10.0 Å². The van der Waals surface area contributed by atoms with Crippen molar-refractivity contribution in [2.45, 2.75) is 26.7 Å². The number of hydrogen-bond donors (Lipinski definition) is 3. The highest BCUT2D eigenvalue weighted by Gasteiger charge is 2.09. The second kappa shape index (κ2) is 6.67. The highest BCUT2D eigenvalue weighted by atomic mass is 32.2. The van der Waals surface area contributed by atoms with Gasteiger partial charge >= 0.3 is 0 Å². The summed E-state index contributed by atoms with van der Waals surface area (Å²) in [4.78, 5) is 8.40. The van der Waals surface area contributed by atoms with Gasteiger partial charge in [-0.3, -0.25) is 0 Å². The van der Waals surface area contributed by atoms with E-state index in [0.717, 1.165) is 0 Å². The van der Waals surface area contributed by atoms with Crippen molar-refractivity contribution in [3.8, 4) is 0 Å². The van der Waals surface area contributed by atoms with Crippen LogP contribution in [0.15, 0.2) is 6.07 Å². The molecular formula is C11H21N5O2S. The number of anilines is 2. The number of rotatable bonds is 7. The van der Waals surface area contributed by atoms with E-state index in [1.165, 1.54) is 0 Å². The van der Waals surface area contributed by atoms with Gasteiger partial charge in [-0.05, 0) is 0 Å². The molecule has 8 heteroatoms. The van der Waals surface area contributed by atoms with Gasteiger partial charge in [0.1, 0.15) is 17.5 Å². The van der Waals surface area contributed by atoms with Crippen LogP contribution in [0.25, 0.3) is 0 Å². The second-order valence-electron chi connectivity index (χ2n) is 4.43. The van der Waals surface area contributed by atoms with Crippen LogP contribution in [0.4, 0.5) is 11.6 Å². The largest absolute Gasteiger partial charge is 0.384 e. The molecule has 0 unspecified atom stereocenters. The van der Waals surface area contributed by atoms with Crippen LogP contribution in [0, 0.1) is 0 Å². The zero-order chi connectivity index (χ0) is 14.5. The Hall–Kier alpha value is -1.41. The Labute approximate surface area is 114 Å². The lowest BCUT2D eigenvalue weighted by Crippen LogP contribution is -2.29. The average Bonchev–Trinajstić information content (AvgIpc) is 2.27. The number of aromatic nitrogens is 2. The number of hydrogen-bond acceptors (Lipinski definition) is 6. The quantitative estimate of drug-likeness (QED) is 0.675. The van der Waals surface area contributed by atoms with Crippen LogP contribution in [0.1, 0.15) is 32.5 Å².